The molecule has 1 aromatic heterocycles. The maximum absolute atomic E-state index is 13.7. The number of aryl methyl sites for hydroxylation is 1. The van der Waals surface area contributed by atoms with Crippen LogP contribution in [0.3, 0.4) is 0 Å². The fourth-order valence-electron chi connectivity index (χ4n) is 3.81. The number of aromatic amines is 1. The van der Waals surface area contributed by atoms with E-state index in [1.807, 2.05) is 24.3 Å². The number of amides is 1. The van der Waals surface area contributed by atoms with E-state index in [9.17, 15) is 18.8 Å². The van der Waals surface area contributed by atoms with Crippen molar-refractivity contribution < 1.29 is 28.0 Å². The van der Waals surface area contributed by atoms with Crippen LogP contribution in [-0.4, -0.2) is 36.8 Å². The van der Waals surface area contributed by atoms with Crippen molar-refractivity contribution in [2.75, 3.05) is 13.7 Å². The molecule has 0 bridgehead atoms. The van der Waals surface area contributed by atoms with Gasteiger partial charge in [0.15, 0.2) is 0 Å². The second-order valence-electron chi connectivity index (χ2n) is 8.22. The Morgan fingerprint density at radius 3 is 2.51 bits per heavy atom. The molecule has 0 aliphatic carbocycles. The molecule has 8 nitrogen and oxygen atoms in total. The smallest absolute Gasteiger partial charge is 0.308 e. The first-order valence-corrected chi connectivity index (χ1v) is 11.4. The third kappa shape index (κ3) is 7.05. The van der Waals surface area contributed by atoms with Crippen LogP contribution in [0, 0.1) is 11.7 Å². The molecule has 2 N–H and O–H groups in total. The van der Waals surface area contributed by atoms with E-state index in [2.05, 4.69) is 10.5 Å². The Bertz CT molecular complexity index is 1200. The molecule has 0 aliphatic rings. The van der Waals surface area contributed by atoms with Crippen molar-refractivity contribution in [2.45, 2.75) is 39.2 Å². The molecule has 0 radical (unpaired) electrons. The first-order chi connectivity index (χ1) is 16.8. The third-order valence-electron chi connectivity index (χ3n) is 5.62. The molecule has 35 heavy (non-hydrogen) atoms. The summed E-state index contributed by atoms with van der Waals surface area (Å²) in [5, 5.41) is 4.93. The number of ether oxygens (including phenoxy) is 2. The Morgan fingerprint density at radius 2 is 1.89 bits per heavy atom. The summed E-state index contributed by atoms with van der Waals surface area (Å²) in [7, 11) is 1.54. The highest BCUT2D eigenvalue weighted by atomic mass is 19.1. The molecule has 3 rings (SSSR count). The van der Waals surface area contributed by atoms with Crippen molar-refractivity contribution in [1.82, 2.24) is 10.5 Å². The van der Waals surface area contributed by atoms with Crippen LogP contribution in [0.25, 0.3) is 11.1 Å². The summed E-state index contributed by atoms with van der Waals surface area (Å²) in [6, 6.07) is 12.7. The van der Waals surface area contributed by atoms with Gasteiger partial charge < -0.3 is 19.3 Å². The fraction of sp³-hybridized carbons (Fsp3) is 0.346. The van der Waals surface area contributed by atoms with E-state index in [0.717, 1.165) is 17.2 Å². The van der Waals surface area contributed by atoms with E-state index in [1.165, 1.54) is 19.2 Å². The van der Waals surface area contributed by atoms with Gasteiger partial charge in [-0.25, -0.2) is 4.39 Å². The second kappa shape index (κ2) is 12.0. The Balaban J connectivity index is 1.71. The Morgan fingerprint density at radius 1 is 1.14 bits per heavy atom. The van der Waals surface area contributed by atoms with Crippen LogP contribution in [0.1, 0.15) is 42.8 Å². The maximum atomic E-state index is 13.7. The monoisotopic (exact) mass is 484 g/mol. The summed E-state index contributed by atoms with van der Waals surface area (Å²) >= 11 is 0. The lowest BCUT2D eigenvalue weighted by atomic mass is 9.95. The molecule has 1 amide bonds. The van der Waals surface area contributed by atoms with Gasteiger partial charge >= 0.3 is 5.97 Å². The number of H-pyrrole nitrogens is 1. The highest BCUT2D eigenvalue weighted by Crippen LogP contribution is 2.31. The van der Waals surface area contributed by atoms with E-state index in [1.54, 1.807) is 19.9 Å². The van der Waals surface area contributed by atoms with Crippen molar-refractivity contribution in [2.24, 2.45) is 5.92 Å². The average molecular weight is 485 g/mol. The molecule has 2 unspecified atom stereocenters. The number of hydrogen-bond donors (Lipinski definition) is 2. The van der Waals surface area contributed by atoms with Gasteiger partial charge in [0.25, 0.3) is 11.5 Å². The van der Waals surface area contributed by atoms with Crippen LogP contribution in [0.15, 0.2) is 57.8 Å². The number of rotatable bonds is 11. The minimum atomic E-state index is -0.544. The number of aromatic nitrogens is 1. The molecule has 0 saturated heterocycles. The van der Waals surface area contributed by atoms with Crippen molar-refractivity contribution in [3.63, 3.8) is 0 Å². The quantitative estimate of drug-likeness (QED) is 0.397. The van der Waals surface area contributed by atoms with Gasteiger partial charge in [0.05, 0.1) is 25.7 Å². The van der Waals surface area contributed by atoms with Crippen LogP contribution in [0.4, 0.5) is 4.39 Å². The van der Waals surface area contributed by atoms with Crippen molar-refractivity contribution >= 4 is 11.9 Å². The number of methoxy groups -OCH3 is 1. The molecule has 0 aliphatic heterocycles. The largest absolute Gasteiger partial charge is 0.496 e. The summed E-state index contributed by atoms with van der Waals surface area (Å²) < 4.78 is 29.1. The lowest BCUT2D eigenvalue weighted by Gasteiger charge is -2.21. The Hall–Kier alpha value is -3.88. The van der Waals surface area contributed by atoms with E-state index in [0.29, 0.717) is 30.6 Å². The van der Waals surface area contributed by atoms with Crippen molar-refractivity contribution in [3.05, 3.63) is 76.0 Å². The third-order valence-corrected chi connectivity index (χ3v) is 5.62. The van der Waals surface area contributed by atoms with Crippen LogP contribution in [-0.2, 0) is 16.0 Å². The molecule has 0 saturated carbocycles. The van der Waals surface area contributed by atoms with Crippen LogP contribution >= 0.6 is 0 Å². The van der Waals surface area contributed by atoms with Gasteiger partial charge in [0, 0.05) is 11.6 Å². The van der Waals surface area contributed by atoms with Gasteiger partial charge in [0.2, 0.25) is 5.76 Å². The number of hydrogen-bond acceptors (Lipinski definition) is 6. The van der Waals surface area contributed by atoms with Gasteiger partial charge in [-0.1, -0.05) is 31.2 Å². The molecule has 9 heteroatoms. The first kappa shape index (κ1) is 25.7. The van der Waals surface area contributed by atoms with Crippen molar-refractivity contribution in [3.8, 4) is 16.9 Å². The topological polar surface area (TPSA) is 111 Å². The highest BCUT2D eigenvalue weighted by molar-refractivity contribution is 5.91. The minimum absolute atomic E-state index is 0.128. The molecule has 0 spiro atoms. The Kier molecular flexibility index (Phi) is 8.83. The lowest BCUT2D eigenvalue weighted by molar-refractivity contribution is -0.147. The number of esters is 1. The molecule has 186 valence electrons. The number of carbonyl (C=O) groups excluding carboxylic acids is 2. The zero-order chi connectivity index (χ0) is 25.4. The Labute approximate surface area is 202 Å². The normalized spacial score (nSPS) is 12.6. The second-order valence-corrected chi connectivity index (χ2v) is 8.22. The maximum Gasteiger partial charge on any atom is 0.308 e. The van der Waals surface area contributed by atoms with Crippen LogP contribution in [0.2, 0.25) is 0 Å². The zero-order valence-electron chi connectivity index (χ0n) is 19.9. The van der Waals surface area contributed by atoms with E-state index in [4.69, 9.17) is 14.0 Å². The summed E-state index contributed by atoms with van der Waals surface area (Å²) in [6.45, 7) is 3.76. The minimum Gasteiger partial charge on any atom is -0.496 e. The lowest BCUT2D eigenvalue weighted by Crippen LogP contribution is -2.37. The number of nitrogens with one attached hydrogen (secondary N) is 2. The molecular weight excluding hydrogens is 455 g/mol. The molecular formula is C26H29FN2O6. The fourth-order valence-corrected chi connectivity index (χ4v) is 3.81. The van der Waals surface area contributed by atoms with E-state index < -0.39 is 17.4 Å². The predicted octanol–water partition coefficient (Wildman–Crippen LogP) is 4.10. The summed E-state index contributed by atoms with van der Waals surface area (Å²) in [5.74, 6) is -1.21. The molecule has 2 aromatic carbocycles. The summed E-state index contributed by atoms with van der Waals surface area (Å²) in [5.41, 5.74) is 1.95. The standard InChI is InChI=1S/C26H29FN2O6/c1-4-34-26(32)16(2)13-20(28-25(31)23-15-24(30)29-35-23)11-7-17-5-8-18(9-6-17)21-14-19(27)10-12-22(21)33-3/h5-6,8-10,12,14-16,20H,4,7,11,13H2,1-3H3,(H,28,31)(H,29,30). The van der Waals surface area contributed by atoms with Gasteiger partial charge in [-0.2, -0.15) is 5.16 Å². The number of benzene rings is 2. The molecule has 0 fully saturated rings. The van der Waals surface area contributed by atoms with Gasteiger partial charge in [-0.05, 0) is 55.5 Å². The van der Waals surface area contributed by atoms with Crippen LogP contribution < -0.4 is 15.6 Å². The molecule has 1 heterocycles. The van der Waals surface area contributed by atoms with Gasteiger partial charge in [-0.3, -0.25) is 14.4 Å². The van der Waals surface area contributed by atoms with Crippen molar-refractivity contribution in [1.29, 1.82) is 0 Å². The molecule has 3 aromatic rings. The average Bonchev–Trinajstić information content (AvgIpc) is 3.29. The van der Waals surface area contributed by atoms with Gasteiger partial charge in [0.1, 0.15) is 11.6 Å². The first-order valence-electron chi connectivity index (χ1n) is 11.4. The summed E-state index contributed by atoms with van der Waals surface area (Å²) in [6.07, 6.45) is 1.50. The van der Waals surface area contributed by atoms with E-state index in [-0.39, 0.29) is 30.2 Å². The van der Waals surface area contributed by atoms with E-state index >= 15 is 0 Å². The predicted molar refractivity (Wildman–Crippen MR) is 128 cm³/mol. The summed E-state index contributed by atoms with van der Waals surface area (Å²) in [4.78, 5) is 35.9. The SMILES string of the molecule is CCOC(=O)C(C)CC(CCc1ccc(-c2cc(F)ccc2OC)cc1)NC(=O)c1cc(=O)[nH]o1. The molecule has 2 atom stereocenters. The number of halogens is 1. The zero-order valence-corrected chi connectivity index (χ0v) is 19.9. The van der Waals surface area contributed by atoms with Crippen LogP contribution in [0.5, 0.6) is 5.75 Å². The highest BCUT2D eigenvalue weighted by Gasteiger charge is 2.23. The number of carbonyl (C=O) groups is 2. The van der Waals surface area contributed by atoms with Gasteiger partial charge in [-0.15, -0.1) is 0 Å².